The van der Waals surface area contributed by atoms with Crippen LogP contribution in [0, 0.1) is 5.92 Å². The van der Waals surface area contributed by atoms with Gasteiger partial charge in [-0.2, -0.15) is 0 Å². The lowest BCUT2D eigenvalue weighted by atomic mass is 9.68. The maximum Gasteiger partial charge on any atom is 0.339 e. The van der Waals surface area contributed by atoms with E-state index >= 15 is 0 Å². The van der Waals surface area contributed by atoms with Gasteiger partial charge in [-0.15, -0.1) is 0 Å². The molecule has 2 N–H and O–H groups in total. The zero-order valence-electron chi connectivity index (χ0n) is 14.5. The highest BCUT2D eigenvalue weighted by molar-refractivity contribution is 5.91. The van der Waals surface area contributed by atoms with Crippen molar-refractivity contribution in [3.8, 4) is 11.5 Å². The molecule has 1 unspecified atom stereocenters. The number of phenols is 1. The number of hydrogen-bond donors (Lipinski definition) is 2. The zero-order chi connectivity index (χ0) is 17.9. The van der Waals surface area contributed by atoms with Gasteiger partial charge in [0.15, 0.2) is 0 Å². The van der Waals surface area contributed by atoms with Gasteiger partial charge in [0.25, 0.3) is 0 Å². The van der Waals surface area contributed by atoms with Crippen LogP contribution in [-0.4, -0.2) is 22.8 Å². The number of ether oxygens (including phenoxy) is 1. The van der Waals surface area contributed by atoms with Crippen LogP contribution in [0.3, 0.4) is 0 Å². The minimum Gasteiger partial charge on any atom is -0.507 e. The molecule has 24 heavy (non-hydrogen) atoms. The summed E-state index contributed by atoms with van der Waals surface area (Å²) in [4.78, 5) is 11.3. The standard InChI is InChI=1S/C20H24O4/c1-5-24-16-9-6-14(7-10-16)20(4,13(2)3)15-8-11-18(21)17(12-15)19(22)23/h6-13,21H,5H2,1-4H3,(H,22,23). The van der Waals surface area contributed by atoms with Gasteiger partial charge >= 0.3 is 5.97 Å². The van der Waals surface area contributed by atoms with Gasteiger partial charge in [-0.05, 0) is 48.2 Å². The summed E-state index contributed by atoms with van der Waals surface area (Å²) in [6.45, 7) is 8.84. The van der Waals surface area contributed by atoms with Crippen LogP contribution in [0.5, 0.6) is 11.5 Å². The van der Waals surface area contributed by atoms with E-state index < -0.39 is 5.97 Å². The molecule has 4 heteroatoms. The molecular weight excluding hydrogens is 304 g/mol. The molecule has 0 radical (unpaired) electrons. The Labute approximate surface area is 142 Å². The molecule has 1 atom stereocenters. The van der Waals surface area contributed by atoms with Crippen molar-refractivity contribution in [2.24, 2.45) is 5.92 Å². The predicted octanol–water partition coefficient (Wildman–Crippen LogP) is 4.45. The smallest absolute Gasteiger partial charge is 0.339 e. The number of hydrogen-bond acceptors (Lipinski definition) is 3. The Kier molecular flexibility index (Phi) is 5.17. The first-order valence-electron chi connectivity index (χ1n) is 8.10. The first-order chi connectivity index (χ1) is 11.3. The summed E-state index contributed by atoms with van der Waals surface area (Å²) in [5.41, 5.74) is 1.47. The normalized spacial score (nSPS) is 13.5. The van der Waals surface area contributed by atoms with Crippen LogP contribution in [0.1, 0.15) is 49.2 Å². The first kappa shape index (κ1) is 17.9. The number of aromatic hydroxyl groups is 1. The van der Waals surface area contributed by atoms with E-state index in [2.05, 4.69) is 20.8 Å². The molecule has 0 saturated carbocycles. The van der Waals surface area contributed by atoms with Gasteiger partial charge in [-0.25, -0.2) is 4.79 Å². The molecule has 0 aliphatic rings. The lowest BCUT2D eigenvalue weighted by Gasteiger charge is -2.35. The van der Waals surface area contributed by atoms with E-state index in [-0.39, 0.29) is 22.6 Å². The third-order valence-electron chi connectivity index (χ3n) is 4.75. The van der Waals surface area contributed by atoms with Crippen molar-refractivity contribution in [3.63, 3.8) is 0 Å². The monoisotopic (exact) mass is 328 g/mol. The average Bonchev–Trinajstić information content (AvgIpc) is 2.55. The van der Waals surface area contributed by atoms with Crippen LogP contribution in [-0.2, 0) is 5.41 Å². The third-order valence-corrected chi connectivity index (χ3v) is 4.75. The number of carbonyl (C=O) groups is 1. The van der Waals surface area contributed by atoms with Gasteiger partial charge in [0.05, 0.1) is 6.61 Å². The molecule has 4 nitrogen and oxygen atoms in total. The van der Waals surface area contributed by atoms with E-state index in [4.69, 9.17) is 4.74 Å². The molecule has 0 heterocycles. The van der Waals surface area contributed by atoms with Crippen LogP contribution in [0.15, 0.2) is 42.5 Å². The van der Waals surface area contributed by atoms with Gasteiger partial charge < -0.3 is 14.9 Å². The lowest BCUT2D eigenvalue weighted by Crippen LogP contribution is -2.30. The highest BCUT2D eigenvalue weighted by atomic mass is 16.5. The Bertz CT molecular complexity index is 719. The Morgan fingerprint density at radius 2 is 1.71 bits per heavy atom. The van der Waals surface area contributed by atoms with Crippen molar-refractivity contribution >= 4 is 5.97 Å². The summed E-state index contributed by atoms with van der Waals surface area (Å²) >= 11 is 0. The number of carboxylic acid groups (broad SMARTS) is 1. The number of carboxylic acids is 1. The SMILES string of the molecule is CCOc1ccc(C(C)(c2ccc(O)c(C(=O)O)c2)C(C)C)cc1. The van der Waals surface area contributed by atoms with Crippen LogP contribution in [0.4, 0.5) is 0 Å². The fourth-order valence-electron chi connectivity index (χ4n) is 2.93. The summed E-state index contributed by atoms with van der Waals surface area (Å²) in [5, 5.41) is 19.1. The average molecular weight is 328 g/mol. The fraction of sp³-hybridized carbons (Fsp3) is 0.350. The zero-order valence-corrected chi connectivity index (χ0v) is 14.5. The predicted molar refractivity (Wildman–Crippen MR) is 94.0 cm³/mol. The summed E-state index contributed by atoms with van der Waals surface area (Å²) in [5.74, 6) is -0.317. The van der Waals surface area contributed by atoms with E-state index in [0.717, 1.165) is 16.9 Å². The molecule has 0 spiro atoms. The largest absolute Gasteiger partial charge is 0.507 e. The van der Waals surface area contributed by atoms with Crippen molar-refractivity contribution < 1.29 is 19.7 Å². The Balaban J connectivity index is 2.55. The molecule has 2 aromatic rings. The second kappa shape index (κ2) is 6.95. The van der Waals surface area contributed by atoms with E-state index in [1.807, 2.05) is 31.2 Å². The number of benzene rings is 2. The van der Waals surface area contributed by atoms with Gasteiger partial charge in [0, 0.05) is 5.41 Å². The van der Waals surface area contributed by atoms with E-state index in [1.54, 1.807) is 12.1 Å². The number of aromatic carboxylic acids is 1. The minimum absolute atomic E-state index is 0.0784. The second-order valence-electron chi connectivity index (χ2n) is 6.35. The van der Waals surface area contributed by atoms with Gasteiger partial charge in [0.1, 0.15) is 17.1 Å². The van der Waals surface area contributed by atoms with Crippen molar-refractivity contribution in [3.05, 3.63) is 59.2 Å². The molecule has 2 rings (SSSR count). The van der Waals surface area contributed by atoms with Crippen LogP contribution < -0.4 is 4.74 Å². The maximum absolute atomic E-state index is 11.3. The first-order valence-corrected chi connectivity index (χ1v) is 8.10. The van der Waals surface area contributed by atoms with Gasteiger partial charge in [0.2, 0.25) is 0 Å². The summed E-state index contributed by atoms with van der Waals surface area (Å²) in [6.07, 6.45) is 0. The van der Waals surface area contributed by atoms with Crippen molar-refractivity contribution in [2.45, 2.75) is 33.1 Å². The molecule has 0 amide bonds. The third kappa shape index (κ3) is 3.23. The van der Waals surface area contributed by atoms with E-state index in [9.17, 15) is 15.0 Å². The highest BCUT2D eigenvalue weighted by Crippen LogP contribution is 2.40. The molecule has 0 bridgehead atoms. The molecule has 0 aliphatic heterocycles. The second-order valence-corrected chi connectivity index (χ2v) is 6.35. The lowest BCUT2D eigenvalue weighted by molar-refractivity contribution is 0.0693. The molecule has 128 valence electrons. The Morgan fingerprint density at radius 3 is 2.21 bits per heavy atom. The van der Waals surface area contributed by atoms with Crippen molar-refractivity contribution in [1.29, 1.82) is 0 Å². The van der Waals surface area contributed by atoms with Crippen molar-refractivity contribution in [1.82, 2.24) is 0 Å². The molecular formula is C20H24O4. The minimum atomic E-state index is -1.13. The topological polar surface area (TPSA) is 66.8 Å². The summed E-state index contributed by atoms with van der Waals surface area (Å²) < 4.78 is 5.50. The fourth-order valence-corrected chi connectivity index (χ4v) is 2.93. The highest BCUT2D eigenvalue weighted by Gasteiger charge is 2.33. The van der Waals surface area contributed by atoms with E-state index in [0.29, 0.717) is 6.61 Å². The summed E-state index contributed by atoms with van der Waals surface area (Å²) in [6, 6.07) is 12.7. The maximum atomic E-state index is 11.3. The quantitative estimate of drug-likeness (QED) is 0.822. The molecule has 0 fully saturated rings. The van der Waals surface area contributed by atoms with Crippen LogP contribution in [0.25, 0.3) is 0 Å². The Hall–Kier alpha value is -2.49. The molecule has 0 aromatic heterocycles. The van der Waals surface area contributed by atoms with Crippen LogP contribution in [0.2, 0.25) is 0 Å². The molecule has 0 aliphatic carbocycles. The van der Waals surface area contributed by atoms with Crippen LogP contribution >= 0.6 is 0 Å². The molecule has 0 saturated heterocycles. The van der Waals surface area contributed by atoms with E-state index in [1.165, 1.54) is 6.07 Å². The van der Waals surface area contributed by atoms with Gasteiger partial charge in [-0.1, -0.05) is 39.0 Å². The van der Waals surface area contributed by atoms with Gasteiger partial charge in [-0.3, -0.25) is 0 Å². The molecule has 2 aromatic carbocycles. The Morgan fingerprint density at radius 1 is 1.12 bits per heavy atom. The summed E-state index contributed by atoms with van der Waals surface area (Å²) in [7, 11) is 0. The number of rotatable bonds is 6. The van der Waals surface area contributed by atoms with Crippen molar-refractivity contribution in [2.75, 3.05) is 6.61 Å².